The van der Waals surface area contributed by atoms with Crippen LogP contribution in [0.15, 0.2) is 34.2 Å². The molecule has 0 N–H and O–H groups in total. The minimum atomic E-state index is 0.0731. The number of ether oxygens (including phenoxy) is 1. The summed E-state index contributed by atoms with van der Waals surface area (Å²) in [4.78, 5) is 19.8. The van der Waals surface area contributed by atoms with Gasteiger partial charge in [-0.05, 0) is 43.4 Å². The summed E-state index contributed by atoms with van der Waals surface area (Å²) >= 11 is 9.32. The number of aromatic nitrogens is 2. The van der Waals surface area contributed by atoms with Gasteiger partial charge in [0, 0.05) is 17.7 Å². The maximum Gasteiger partial charge on any atom is 0.262 e. The van der Waals surface area contributed by atoms with Gasteiger partial charge in [0.1, 0.15) is 10.6 Å². The zero-order valence-corrected chi connectivity index (χ0v) is 16.8. The lowest BCUT2D eigenvalue weighted by atomic mass is 9.97. The molecule has 0 radical (unpaired) electrons. The zero-order chi connectivity index (χ0) is 18.1. The molecule has 1 aliphatic carbocycles. The number of nitrogens with zero attached hydrogens (tertiary/aromatic N) is 2. The van der Waals surface area contributed by atoms with Gasteiger partial charge in [0.2, 0.25) is 0 Å². The Labute approximate surface area is 165 Å². The number of aryl methyl sites for hydroxylation is 2. The van der Waals surface area contributed by atoms with E-state index in [1.165, 1.54) is 28.6 Å². The Morgan fingerprint density at radius 2 is 2.12 bits per heavy atom. The Hall–Kier alpha value is -1.50. The molecule has 0 amide bonds. The number of benzene rings is 1. The molecule has 2 aromatic heterocycles. The van der Waals surface area contributed by atoms with E-state index in [1.54, 1.807) is 23.0 Å². The van der Waals surface area contributed by atoms with Crippen molar-refractivity contribution in [1.29, 1.82) is 0 Å². The van der Waals surface area contributed by atoms with E-state index in [9.17, 15) is 4.79 Å². The van der Waals surface area contributed by atoms with Gasteiger partial charge in [0.05, 0.1) is 17.0 Å². The van der Waals surface area contributed by atoms with Gasteiger partial charge < -0.3 is 4.74 Å². The van der Waals surface area contributed by atoms with Crippen LogP contribution in [0.25, 0.3) is 10.2 Å². The molecule has 0 bridgehead atoms. The second kappa shape index (κ2) is 7.62. The van der Waals surface area contributed by atoms with Crippen LogP contribution in [0.4, 0.5) is 0 Å². The van der Waals surface area contributed by atoms with Gasteiger partial charge in [-0.15, -0.1) is 11.3 Å². The van der Waals surface area contributed by atoms with Gasteiger partial charge in [-0.3, -0.25) is 9.36 Å². The van der Waals surface area contributed by atoms with E-state index in [0.717, 1.165) is 34.6 Å². The van der Waals surface area contributed by atoms with Crippen molar-refractivity contribution in [3.8, 4) is 5.75 Å². The third-order valence-corrected chi connectivity index (χ3v) is 7.06. The van der Waals surface area contributed by atoms with Crippen LogP contribution in [0.5, 0.6) is 5.75 Å². The van der Waals surface area contributed by atoms with Crippen LogP contribution in [0.2, 0.25) is 5.02 Å². The zero-order valence-electron chi connectivity index (χ0n) is 14.5. The first-order valence-electron chi connectivity index (χ1n) is 8.66. The SMILES string of the molecule is Cn1c(SCCOc2ccccc2Cl)nc2sc3c(c2c1=O)CCCC3. The summed E-state index contributed by atoms with van der Waals surface area (Å²) in [6.07, 6.45) is 4.46. The number of thioether (sulfide) groups is 1. The summed E-state index contributed by atoms with van der Waals surface area (Å²) in [5.74, 6) is 1.38. The minimum absolute atomic E-state index is 0.0731. The summed E-state index contributed by atoms with van der Waals surface area (Å²) in [5, 5.41) is 2.18. The molecule has 1 aliphatic rings. The fraction of sp³-hybridized carbons (Fsp3) is 0.368. The molecule has 4 nitrogen and oxygen atoms in total. The monoisotopic (exact) mass is 406 g/mol. The Morgan fingerprint density at radius 1 is 1.31 bits per heavy atom. The molecule has 0 atom stereocenters. The van der Waals surface area contributed by atoms with Gasteiger partial charge in [-0.25, -0.2) is 4.98 Å². The highest BCUT2D eigenvalue weighted by atomic mass is 35.5. The number of hydrogen-bond acceptors (Lipinski definition) is 5. The number of hydrogen-bond donors (Lipinski definition) is 0. The second-order valence-corrected chi connectivity index (χ2v) is 8.83. The first-order chi connectivity index (χ1) is 12.6. The summed E-state index contributed by atoms with van der Waals surface area (Å²) in [5.41, 5.74) is 1.31. The highest BCUT2D eigenvalue weighted by molar-refractivity contribution is 7.99. The van der Waals surface area contributed by atoms with E-state index < -0.39 is 0 Å². The number of para-hydroxylation sites is 1. The molecule has 136 valence electrons. The minimum Gasteiger partial charge on any atom is -0.491 e. The van der Waals surface area contributed by atoms with Crippen molar-refractivity contribution < 1.29 is 4.74 Å². The van der Waals surface area contributed by atoms with Crippen LogP contribution in [-0.4, -0.2) is 21.9 Å². The number of halogens is 1. The molecule has 7 heteroatoms. The van der Waals surface area contributed by atoms with Crippen molar-refractivity contribution in [3.63, 3.8) is 0 Å². The van der Waals surface area contributed by atoms with Crippen molar-refractivity contribution in [2.75, 3.05) is 12.4 Å². The standard InChI is InChI=1S/C19H19ClN2O2S2/c1-22-18(23)16-12-6-2-5-9-15(12)26-17(16)21-19(22)25-11-10-24-14-8-4-3-7-13(14)20/h3-4,7-8H,2,5-6,9-11H2,1H3. The first kappa shape index (κ1) is 17.9. The van der Waals surface area contributed by atoms with Crippen molar-refractivity contribution in [1.82, 2.24) is 9.55 Å². The van der Waals surface area contributed by atoms with Crippen LogP contribution in [0.3, 0.4) is 0 Å². The first-order valence-corrected chi connectivity index (χ1v) is 10.8. The Bertz CT molecular complexity index is 1010. The predicted molar refractivity (Wildman–Crippen MR) is 109 cm³/mol. The Kier molecular flexibility index (Phi) is 5.25. The molecule has 0 spiro atoms. The molecule has 3 aromatic rings. The molecule has 26 heavy (non-hydrogen) atoms. The maximum absolute atomic E-state index is 12.8. The molecule has 4 rings (SSSR count). The second-order valence-electron chi connectivity index (χ2n) is 6.28. The average molecular weight is 407 g/mol. The van der Waals surface area contributed by atoms with Gasteiger partial charge in [0.15, 0.2) is 5.16 Å². The van der Waals surface area contributed by atoms with Crippen LogP contribution in [-0.2, 0) is 19.9 Å². The molecular formula is C19H19ClN2O2S2. The summed E-state index contributed by atoms with van der Waals surface area (Å²) in [6, 6.07) is 7.43. The number of rotatable bonds is 5. The van der Waals surface area contributed by atoms with E-state index in [0.29, 0.717) is 23.1 Å². The Morgan fingerprint density at radius 3 is 2.96 bits per heavy atom. The normalized spacial score (nSPS) is 13.8. The van der Waals surface area contributed by atoms with Crippen molar-refractivity contribution in [2.24, 2.45) is 7.05 Å². The molecule has 0 unspecified atom stereocenters. The van der Waals surface area contributed by atoms with Crippen molar-refractivity contribution in [2.45, 2.75) is 30.8 Å². The fourth-order valence-corrected chi connectivity index (χ4v) is 5.52. The van der Waals surface area contributed by atoms with E-state index in [1.807, 2.05) is 24.3 Å². The molecule has 0 saturated heterocycles. The molecular weight excluding hydrogens is 388 g/mol. The summed E-state index contributed by atoms with van der Waals surface area (Å²) in [7, 11) is 1.80. The van der Waals surface area contributed by atoms with E-state index in [4.69, 9.17) is 21.3 Å². The van der Waals surface area contributed by atoms with Gasteiger partial charge in [-0.2, -0.15) is 0 Å². The molecule has 0 fully saturated rings. The van der Waals surface area contributed by atoms with Crippen molar-refractivity contribution in [3.05, 3.63) is 50.1 Å². The van der Waals surface area contributed by atoms with E-state index in [-0.39, 0.29) is 5.56 Å². The van der Waals surface area contributed by atoms with Gasteiger partial charge >= 0.3 is 0 Å². The van der Waals surface area contributed by atoms with Crippen LogP contribution in [0, 0.1) is 0 Å². The third-order valence-electron chi connectivity index (χ3n) is 4.56. The van der Waals surface area contributed by atoms with E-state index in [2.05, 4.69) is 0 Å². The van der Waals surface area contributed by atoms with Gasteiger partial charge in [-0.1, -0.05) is 35.5 Å². The average Bonchev–Trinajstić information content (AvgIpc) is 3.02. The third kappa shape index (κ3) is 3.38. The van der Waals surface area contributed by atoms with Crippen molar-refractivity contribution >= 4 is 44.9 Å². The lowest BCUT2D eigenvalue weighted by Crippen LogP contribution is -2.21. The van der Waals surface area contributed by atoms with Crippen LogP contribution < -0.4 is 10.3 Å². The highest BCUT2D eigenvalue weighted by Crippen LogP contribution is 2.34. The summed E-state index contributed by atoms with van der Waals surface area (Å²) < 4.78 is 7.39. The molecule has 0 aliphatic heterocycles. The number of thiophene rings is 1. The molecule has 1 aromatic carbocycles. The lowest BCUT2D eigenvalue weighted by molar-refractivity contribution is 0.344. The largest absolute Gasteiger partial charge is 0.491 e. The topological polar surface area (TPSA) is 44.1 Å². The maximum atomic E-state index is 12.8. The number of fused-ring (bicyclic) bond motifs is 3. The van der Waals surface area contributed by atoms with Crippen LogP contribution >= 0.6 is 34.7 Å². The molecule has 0 saturated carbocycles. The lowest BCUT2D eigenvalue weighted by Gasteiger charge is -2.11. The fourth-order valence-electron chi connectivity index (χ4n) is 3.24. The van der Waals surface area contributed by atoms with E-state index >= 15 is 0 Å². The smallest absolute Gasteiger partial charge is 0.262 e. The predicted octanol–water partition coefficient (Wildman–Crippen LogP) is 4.70. The summed E-state index contributed by atoms with van der Waals surface area (Å²) in [6.45, 7) is 0.503. The van der Waals surface area contributed by atoms with Gasteiger partial charge in [0.25, 0.3) is 5.56 Å². The molecule has 2 heterocycles. The van der Waals surface area contributed by atoms with Crippen LogP contribution in [0.1, 0.15) is 23.3 Å². The Balaban J connectivity index is 1.51. The quantitative estimate of drug-likeness (QED) is 0.350. The highest BCUT2D eigenvalue weighted by Gasteiger charge is 2.21.